The summed E-state index contributed by atoms with van der Waals surface area (Å²) in [6.07, 6.45) is 1.24. The Hall–Kier alpha value is -1.98. The van der Waals surface area contributed by atoms with Crippen molar-refractivity contribution in [1.29, 1.82) is 0 Å². The fraction of sp³-hybridized carbons (Fsp3) is 0.778. The van der Waals surface area contributed by atoms with Gasteiger partial charge in [0.2, 0.25) is 17.7 Å². The third kappa shape index (κ3) is 8.96. The van der Waals surface area contributed by atoms with E-state index >= 15 is 0 Å². The lowest BCUT2D eigenvalue weighted by atomic mass is 10.0. The number of halogens is 2. The zero-order valence-corrected chi connectivity index (χ0v) is 19.2. The van der Waals surface area contributed by atoms with E-state index in [9.17, 15) is 24.1 Å². The number of amides is 5. The fourth-order valence-corrected chi connectivity index (χ4v) is 3.47. The topological polar surface area (TPSA) is 140 Å². The lowest BCUT2D eigenvalue weighted by Crippen LogP contribution is -2.55. The molecule has 11 nitrogen and oxygen atoms in total. The quantitative estimate of drug-likeness (QED) is 0.163. The molecule has 31 heavy (non-hydrogen) atoms. The van der Waals surface area contributed by atoms with Crippen LogP contribution in [0.2, 0.25) is 0 Å². The Kier molecular flexibility index (Phi) is 12.4. The van der Waals surface area contributed by atoms with Crippen LogP contribution in [0.15, 0.2) is 5.29 Å². The molecular weight excluding hydrogens is 451 g/mol. The maximum absolute atomic E-state index is 12.9. The van der Waals surface area contributed by atoms with Gasteiger partial charge in [-0.1, -0.05) is 13.8 Å². The minimum absolute atomic E-state index is 0.0204. The Balaban J connectivity index is 2.81. The molecule has 0 aromatic heterocycles. The van der Waals surface area contributed by atoms with Gasteiger partial charge in [0.05, 0.1) is 18.4 Å². The molecule has 1 fully saturated rings. The standard InChI is InChI=1S/C18H30Cl2N6O5/c1-12(2)10-13(16(28)23-15(27)11-21-7-5-19)22-17(29)14-4-3-8-25(14)18(30)26(24-31)9-6-20/h12-14,21H,3-11H2,1-2H3,(H,22,29)(H,23,27,28)/t13-,14-/m0/s1. The Morgan fingerprint density at radius 2 is 1.90 bits per heavy atom. The van der Waals surface area contributed by atoms with E-state index in [4.69, 9.17) is 23.2 Å². The second-order valence-corrected chi connectivity index (χ2v) is 8.25. The van der Waals surface area contributed by atoms with Gasteiger partial charge >= 0.3 is 6.03 Å². The molecule has 176 valence electrons. The summed E-state index contributed by atoms with van der Waals surface area (Å²) in [5.74, 6) is -1.30. The Morgan fingerprint density at radius 3 is 2.48 bits per heavy atom. The number of nitrogens with zero attached hydrogens (tertiary/aromatic N) is 3. The number of carbonyl (C=O) groups excluding carboxylic acids is 4. The first-order chi connectivity index (χ1) is 14.7. The highest BCUT2D eigenvalue weighted by Crippen LogP contribution is 2.20. The predicted molar refractivity (Wildman–Crippen MR) is 116 cm³/mol. The van der Waals surface area contributed by atoms with Gasteiger partial charge in [-0.25, -0.2) is 4.79 Å². The Morgan fingerprint density at radius 1 is 1.19 bits per heavy atom. The highest BCUT2D eigenvalue weighted by Gasteiger charge is 2.38. The summed E-state index contributed by atoms with van der Waals surface area (Å²) in [6.45, 7) is 4.28. The van der Waals surface area contributed by atoms with Gasteiger partial charge in [-0.2, -0.15) is 5.01 Å². The summed E-state index contributed by atoms with van der Waals surface area (Å²) >= 11 is 11.1. The van der Waals surface area contributed by atoms with Crippen LogP contribution in [0.3, 0.4) is 0 Å². The number of carbonyl (C=O) groups is 4. The van der Waals surface area contributed by atoms with E-state index in [2.05, 4.69) is 21.2 Å². The number of nitrogens with one attached hydrogen (secondary N) is 3. The number of likely N-dealkylation sites (tertiary alicyclic amines) is 1. The van der Waals surface area contributed by atoms with E-state index in [0.717, 1.165) is 0 Å². The average Bonchev–Trinajstić information content (AvgIpc) is 3.20. The molecule has 0 unspecified atom stereocenters. The molecule has 1 aliphatic heterocycles. The summed E-state index contributed by atoms with van der Waals surface area (Å²) in [5, 5.41) is 11.0. The molecule has 0 radical (unpaired) electrons. The molecular formula is C18H30Cl2N6O5. The number of urea groups is 1. The van der Waals surface area contributed by atoms with E-state index in [1.54, 1.807) is 0 Å². The number of imide groups is 1. The van der Waals surface area contributed by atoms with Crippen molar-refractivity contribution in [2.75, 3.05) is 37.9 Å². The van der Waals surface area contributed by atoms with Crippen LogP contribution in [0, 0.1) is 10.8 Å². The molecule has 0 aromatic carbocycles. The lowest BCUT2D eigenvalue weighted by molar-refractivity contribution is -0.135. The maximum Gasteiger partial charge on any atom is 0.343 e. The highest BCUT2D eigenvalue weighted by atomic mass is 35.5. The van der Waals surface area contributed by atoms with Gasteiger partial charge < -0.3 is 15.5 Å². The molecule has 0 bridgehead atoms. The van der Waals surface area contributed by atoms with Gasteiger partial charge in [0, 0.05) is 24.8 Å². The molecule has 0 spiro atoms. The van der Waals surface area contributed by atoms with Gasteiger partial charge in [0.25, 0.3) is 0 Å². The van der Waals surface area contributed by atoms with Crippen molar-refractivity contribution < 1.29 is 19.2 Å². The summed E-state index contributed by atoms with van der Waals surface area (Å²) in [5.41, 5.74) is 0. The molecule has 3 N–H and O–H groups in total. The van der Waals surface area contributed by atoms with Crippen LogP contribution in [0.1, 0.15) is 33.1 Å². The van der Waals surface area contributed by atoms with Gasteiger partial charge in [0.1, 0.15) is 12.1 Å². The van der Waals surface area contributed by atoms with Crippen LogP contribution >= 0.6 is 23.2 Å². The maximum atomic E-state index is 12.9. The van der Waals surface area contributed by atoms with E-state index in [1.165, 1.54) is 4.90 Å². The van der Waals surface area contributed by atoms with Crippen LogP contribution in [-0.2, 0) is 14.4 Å². The first-order valence-electron chi connectivity index (χ1n) is 10.1. The molecule has 1 saturated heterocycles. The minimum Gasteiger partial charge on any atom is -0.342 e. The molecule has 1 aliphatic rings. The predicted octanol–water partition coefficient (Wildman–Crippen LogP) is 0.795. The first kappa shape index (κ1) is 27.1. The molecule has 0 saturated carbocycles. The normalized spacial score (nSPS) is 16.7. The number of alkyl halides is 2. The summed E-state index contributed by atoms with van der Waals surface area (Å²) < 4.78 is 0. The van der Waals surface area contributed by atoms with Crippen LogP contribution in [0.25, 0.3) is 0 Å². The summed E-state index contributed by atoms with van der Waals surface area (Å²) in [6, 6.07) is -2.51. The largest absolute Gasteiger partial charge is 0.343 e. The lowest BCUT2D eigenvalue weighted by Gasteiger charge is -2.28. The number of hydrogen-bond acceptors (Lipinski definition) is 7. The second-order valence-electron chi connectivity index (χ2n) is 7.50. The third-order valence-corrected chi connectivity index (χ3v) is 4.93. The van der Waals surface area contributed by atoms with Gasteiger partial charge in [-0.15, -0.1) is 28.1 Å². The molecule has 0 aliphatic carbocycles. The van der Waals surface area contributed by atoms with Crippen molar-refractivity contribution in [3.8, 4) is 0 Å². The van der Waals surface area contributed by atoms with Crippen molar-refractivity contribution in [3.05, 3.63) is 4.91 Å². The number of rotatable bonds is 12. The van der Waals surface area contributed by atoms with E-state index in [0.29, 0.717) is 36.7 Å². The van der Waals surface area contributed by atoms with E-state index < -0.39 is 35.8 Å². The molecule has 5 amide bonds. The Bertz CT molecular complexity index is 651. The number of hydrogen-bond donors (Lipinski definition) is 3. The zero-order chi connectivity index (χ0) is 23.4. The van der Waals surface area contributed by atoms with Crippen LogP contribution in [0.5, 0.6) is 0 Å². The van der Waals surface area contributed by atoms with Gasteiger partial charge in [0.15, 0.2) is 0 Å². The van der Waals surface area contributed by atoms with E-state index in [1.807, 2.05) is 13.8 Å². The first-order valence-corrected chi connectivity index (χ1v) is 11.2. The van der Waals surface area contributed by atoms with Crippen molar-refractivity contribution in [1.82, 2.24) is 25.9 Å². The molecule has 1 heterocycles. The van der Waals surface area contributed by atoms with Crippen LogP contribution in [-0.4, -0.2) is 83.7 Å². The third-order valence-electron chi connectivity index (χ3n) is 4.58. The van der Waals surface area contributed by atoms with Crippen LogP contribution < -0.4 is 16.0 Å². The summed E-state index contributed by atoms with van der Waals surface area (Å²) in [7, 11) is 0. The molecule has 1 rings (SSSR count). The average molecular weight is 481 g/mol. The van der Waals surface area contributed by atoms with Crippen molar-refractivity contribution >= 4 is 47.0 Å². The Labute approximate surface area is 191 Å². The fourth-order valence-electron chi connectivity index (χ4n) is 3.18. The SMILES string of the molecule is CC(C)C[C@H](NC(=O)[C@@H]1CCCN1C(=O)N(CCCl)N=O)C(=O)NC(=O)CNCCCl. The number of nitroso groups, excluding NO2 is 1. The molecule has 2 atom stereocenters. The van der Waals surface area contributed by atoms with Gasteiger partial charge in [-0.3, -0.25) is 19.7 Å². The highest BCUT2D eigenvalue weighted by molar-refractivity contribution is 6.18. The van der Waals surface area contributed by atoms with Crippen molar-refractivity contribution in [2.45, 2.75) is 45.2 Å². The zero-order valence-electron chi connectivity index (χ0n) is 17.7. The monoisotopic (exact) mass is 480 g/mol. The smallest absolute Gasteiger partial charge is 0.342 e. The van der Waals surface area contributed by atoms with Crippen molar-refractivity contribution in [3.63, 3.8) is 0 Å². The second kappa shape index (κ2) is 14.2. The summed E-state index contributed by atoms with van der Waals surface area (Å²) in [4.78, 5) is 62.1. The molecule has 0 aromatic rings. The van der Waals surface area contributed by atoms with E-state index in [-0.39, 0.29) is 31.4 Å². The minimum atomic E-state index is -0.954. The van der Waals surface area contributed by atoms with Gasteiger partial charge in [-0.05, 0) is 25.2 Å². The molecule has 13 heteroatoms. The van der Waals surface area contributed by atoms with Crippen LogP contribution in [0.4, 0.5) is 4.79 Å². The van der Waals surface area contributed by atoms with Crippen molar-refractivity contribution in [2.24, 2.45) is 11.2 Å².